The molecule has 1 heterocycles. The van der Waals surface area contributed by atoms with Gasteiger partial charge in [-0.25, -0.2) is 0 Å². The van der Waals surface area contributed by atoms with E-state index in [2.05, 4.69) is 5.32 Å². The van der Waals surface area contributed by atoms with E-state index in [-0.39, 0.29) is 5.91 Å². The van der Waals surface area contributed by atoms with Gasteiger partial charge in [0, 0.05) is 13.1 Å². The molecule has 0 saturated carbocycles. The molecule has 3 rings (SSSR count). The second-order valence-corrected chi connectivity index (χ2v) is 7.50. The number of methoxy groups -OCH3 is 1. The van der Waals surface area contributed by atoms with Crippen molar-refractivity contribution < 1.29 is 14.6 Å². The lowest BCUT2D eigenvalue weighted by Gasteiger charge is -2.25. The molecule has 7 heteroatoms. The summed E-state index contributed by atoms with van der Waals surface area (Å²) in [5.74, 6) is 0.400. The number of nitrogens with zero attached hydrogens (tertiary/aromatic N) is 1. The van der Waals surface area contributed by atoms with Gasteiger partial charge in [-0.1, -0.05) is 29.8 Å². The molecule has 2 atom stereocenters. The van der Waals surface area contributed by atoms with Crippen LogP contribution in [0.2, 0.25) is 5.02 Å². The second-order valence-electron chi connectivity index (χ2n) is 5.94. The zero-order valence-corrected chi connectivity index (χ0v) is 16.2. The summed E-state index contributed by atoms with van der Waals surface area (Å²) in [5.41, 5.74) is 1.58. The molecule has 1 amide bonds. The number of hydrogen-bond donors (Lipinski definition) is 2. The van der Waals surface area contributed by atoms with Gasteiger partial charge in [-0.3, -0.25) is 4.79 Å². The maximum atomic E-state index is 13.0. The number of halogens is 1. The summed E-state index contributed by atoms with van der Waals surface area (Å²) in [5, 5.41) is 14.0. The normalized spacial score (nSPS) is 19.8. The molecule has 138 valence electrons. The number of nitrogens with one attached hydrogen (secondary N) is 1. The Balaban J connectivity index is 2.04. The summed E-state index contributed by atoms with van der Waals surface area (Å²) < 4.78 is 5.19. The highest BCUT2D eigenvalue weighted by atomic mass is 35.5. The lowest BCUT2D eigenvalue weighted by atomic mass is 10.1. The van der Waals surface area contributed by atoms with Crippen LogP contribution in [0.4, 0.5) is 5.69 Å². The van der Waals surface area contributed by atoms with Crippen LogP contribution >= 0.6 is 23.4 Å². The molecule has 26 heavy (non-hydrogen) atoms. The van der Waals surface area contributed by atoms with Gasteiger partial charge in [-0.15, -0.1) is 11.8 Å². The topological polar surface area (TPSA) is 61.8 Å². The Hall–Kier alpha value is -1.73. The van der Waals surface area contributed by atoms with Gasteiger partial charge >= 0.3 is 0 Å². The Morgan fingerprint density at radius 1 is 1.27 bits per heavy atom. The molecule has 0 saturated heterocycles. The molecule has 0 aliphatic carbocycles. The van der Waals surface area contributed by atoms with Crippen LogP contribution in [0.5, 0.6) is 5.75 Å². The van der Waals surface area contributed by atoms with E-state index >= 15 is 0 Å². The van der Waals surface area contributed by atoms with E-state index in [1.54, 1.807) is 18.1 Å². The van der Waals surface area contributed by atoms with Gasteiger partial charge in [-0.2, -0.15) is 0 Å². The first-order valence-corrected chi connectivity index (χ1v) is 9.55. The van der Waals surface area contributed by atoms with E-state index in [0.717, 1.165) is 21.9 Å². The molecular formula is C19H21ClN2O3S. The molecule has 2 N–H and O–H groups in total. The van der Waals surface area contributed by atoms with Crippen molar-refractivity contribution in [1.82, 2.24) is 5.32 Å². The lowest BCUT2D eigenvalue weighted by molar-refractivity contribution is -0.126. The van der Waals surface area contributed by atoms with Crippen molar-refractivity contribution >= 4 is 35.0 Å². The van der Waals surface area contributed by atoms with Crippen LogP contribution in [-0.4, -0.2) is 44.4 Å². The van der Waals surface area contributed by atoms with Crippen LogP contribution < -0.4 is 15.0 Å². The maximum Gasteiger partial charge on any atom is 0.257 e. The number of likely N-dealkylation sites (N-methyl/N-ethyl adjacent to an activating group) is 1. The standard InChI is InChI=1S/C19H21ClN2O3S/c1-21-10-11-22-15-5-3-4-14(20)18(15)26-17(16(23)19(22)24)12-6-8-13(25-2)9-7-12/h3-9,16-17,21,23H,10-11H2,1-2H3/t16-,17+/m1/s1. The second kappa shape index (κ2) is 8.31. The third-order valence-corrected chi connectivity index (χ3v) is 6.19. The summed E-state index contributed by atoms with van der Waals surface area (Å²) in [6.45, 7) is 1.07. The fraction of sp³-hybridized carbons (Fsp3) is 0.316. The van der Waals surface area contributed by atoms with Crippen LogP contribution in [0, 0.1) is 0 Å². The highest BCUT2D eigenvalue weighted by Crippen LogP contribution is 2.48. The number of amides is 1. The van der Waals surface area contributed by atoms with Crippen LogP contribution in [0.15, 0.2) is 47.4 Å². The van der Waals surface area contributed by atoms with Crippen LogP contribution in [0.25, 0.3) is 0 Å². The highest BCUT2D eigenvalue weighted by molar-refractivity contribution is 8.00. The first kappa shape index (κ1) is 19.0. The van der Waals surface area contributed by atoms with Gasteiger partial charge in [0.2, 0.25) is 0 Å². The van der Waals surface area contributed by atoms with E-state index in [0.29, 0.717) is 18.1 Å². The number of aliphatic hydroxyl groups excluding tert-OH is 1. The molecule has 1 aliphatic rings. The molecule has 2 aromatic carbocycles. The fourth-order valence-electron chi connectivity index (χ4n) is 2.92. The first-order valence-electron chi connectivity index (χ1n) is 8.30. The Labute approximate surface area is 162 Å². The number of hydrogen-bond acceptors (Lipinski definition) is 5. The third-order valence-electron chi connectivity index (χ3n) is 4.32. The number of benzene rings is 2. The molecule has 0 spiro atoms. The minimum Gasteiger partial charge on any atom is -0.497 e. The summed E-state index contributed by atoms with van der Waals surface area (Å²) >= 11 is 7.85. The van der Waals surface area contributed by atoms with Crippen LogP contribution in [0.1, 0.15) is 10.8 Å². The average molecular weight is 393 g/mol. The van der Waals surface area contributed by atoms with E-state index in [9.17, 15) is 9.90 Å². The van der Waals surface area contributed by atoms with Crippen molar-refractivity contribution in [3.8, 4) is 5.75 Å². The number of thioether (sulfide) groups is 1. The summed E-state index contributed by atoms with van der Waals surface area (Å²) in [4.78, 5) is 15.4. The summed E-state index contributed by atoms with van der Waals surface area (Å²) in [6.07, 6.45) is -1.17. The van der Waals surface area contributed by atoms with Gasteiger partial charge in [-0.05, 0) is 36.9 Å². The zero-order chi connectivity index (χ0) is 18.7. The van der Waals surface area contributed by atoms with Crippen LogP contribution in [-0.2, 0) is 4.79 Å². The molecule has 5 nitrogen and oxygen atoms in total. The Kier molecular flexibility index (Phi) is 6.09. The molecule has 0 aromatic heterocycles. The maximum absolute atomic E-state index is 13.0. The molecular weight excluding hydrogens is 372 g/mol. The third kappa shape index (κ3) is 3.69. The Bertz CT molecular complexity index is 785. The molecule has 0 unspecified atom stereocenters. The largest absolute Gasteiger partial charge is 0.497 e. The minimum absolute atomic E-state index is 0.324. The predicted molar refractivity (Wildman–Crippen MR) is 105 cm³/mol. The number of anilines is 1. The van der Waals surface area contributed by atoms with Crippen molar-refractivity contribution in [3.05, 3.63) is 53.1 Å². The monoisotopic (exact) mass is 392 g/mol. The fourth-order valence-corrected chi connectivity index (χ4v) is 4.50. The Morgan fingerprint density at radius 3 is 2.65 bits per heavy atom. The van der Waals surface area contributed by atoms with Crippen molar-refractivity contribution in [2.24, 2.45) is 0 Å². The van der Waals surface area contributed by atoms with E-state index in [4.69, 9.17) is 16.3 Å². The minimum atomic E-state index is -1.17. The highest BCUT2D eigenvalue weighted by Gasteiger charge is 2.37. The smallest absolute Gasteiger partial charge is 0.257 e. The van der Waals surface area contributed by atoms with Crippen molar-refractivity contribution in [2.45, 2.75) is 16.2 Å². The molecule has 0 radical (unpaired) electrons. The predicted octanol–water partition coefficient (Wildman–Crippen LogP) is 3.11. The first-order chi connectivity index (χ1) is 12.6. The quantitative estimate of drug-likeness (QED) is 0.818. The van der Waals surface area contributed by atoms with Gasteiger partial charge in [0.1, 0.15) is 11.9 Å². The number of aliphatic hydroxyl groups is 1. The molecule has 1 aliphatic heterocycles. The number of fused-ring (bicyclic) bond motifs is 1. The molecule has 0 fully saturated rings. The summed E-state index contributed by atoms with van der Waals surface area (Å²) in [6, 6.07) is 12.9. The zero-order valence-electron chi connectivity index (χ0n) is 14.6. The van der Waals surface area contributed by atoms with Gasteiger partial charge in [0.05, 0.1) is 28.0 Å². The van der Waals surface area contributed by atoms with Crippen molar-refractivity contribution in [2.75, 3.05) is 32.1 Å². The number of rotatable bonds is 5. The van der Waals surface area contributed by atoms with Crippen molar-refractivity contribution in [3.63, 3.8) is 0 Å². The Morgan fingerprint density at radius 2 is 2.00 bits per heavy atom. The average Bonchev–Trinajstić information content (AvgIpc) is 2.77. The van der Waals surface area contributed by atoms with Gasteiger partial charge in [0.25, 0.3) is 5.91 Å². The van der Waals surface area contributed by atoms with Gasteiger partial charge < -0.3 is 20.1 Å². The molecule has 2 aromatic rings. The van der Waals surface area contributed by atoms with E-state index in [1.165, 1.54) is 11.8 Å². The van der Waals surface area contributed by atoms with Crippen LogP contribution in [0.3, 0.4) is 0 Å². The summed E-state index contributed by atoms with van der Waals surface area (Å²) in [7, 11) is 3.43. The van der Waals surface area contributed by atoms with Crippen molar-refractivity contribution in [1.29, 1.82) is 0 Å². The van der Waals surface area contributed by atoms with E-state index < -0.39 is 11.4 Å². The lowest BCUT2D eigenvalue weighted by Crippen LogP contribution is -2.43. The number of carbonyl (C=O) groups excluding carboxylic acids is 1. The number of carbonyl (C=O) groups is 1. The number of ether oxygens (including phenoxy) is 1. The van der Waals surface area contributed by atoms with Gasteiger partial charge in [0.15, 0.2) is 0 Å². The molecule has 0 bridgehead atoms. The van der Waals surface area contributed by atoms with E-state index in [1.807, 2.05) is 43.4 Å². The SMILES string of the molecule is CNCCN1C(=O)[C@H](O)[C@H](c2ccc(OC)cc2)Sc2c(Cl)cccc21.